The Morgan fingerprint density at radius 3 is 2.35 bits per heavy atom. The molecule has 3 rings (SSSR count). The van der Waals surface area contributed by atoms with Crippen molar-refractivity contribution in [3.05, 3.63) is 69.4 Å². The third-order valence-electron chi connectivity index (χ3n) is 4.74. The molecule has 0 atom stereocenters. The number of rotatable bonds is 4. The number of allylic oxidation sites excluding steroid dienone is 7. The van der Waals surface area contributed by atoms with Crippen LogP contribution in [0.15, 0.2) is 53.3 Å². The summed E-state index contributed by atoms with van der Waals surface area (Å²) < 4.78 is 71.6. The molecule has 0 amide bonds. The van der Waals surface area contributed by atoms with Gasteiger partial charge in [0, 0.05) is 24.5 Å². The van der Waals surface area contributed by atoms with Crippen LogP contribution in [0, 0.1) is 12.3 Å². The molecule has 0 fully saturated rings. The first kappa shape index (κ1) is 22.6. The summed E-state index contributed by atoms with van der Waals surface area (Å²) in [7, 11) is -3.40. The maximum Gasteiger partial charge on any atom is 0.287 e. The Bertz CT molecular complexity index is 1310. The molecule has 0 aliphatic heterocycles. The highest BCUT2D eigenvalue weighted by Crippen LogP contribution is 2.26. The van der Waals surface area contributed by atoms with E-state index in [1.807, 2.05) is 0 Å². The lowest BCUT2D eigenvalue weighted by atomic mass is 9.96. The van der Waals surface area contributed by atoms with Gasteiger partial charge in [0.05, 0.1) is 4.91 Å². The minimum atomic E-state index is -3.40. The highest BCUT2D eigenvalue weighted by Gasteiger charge is 2.30. The first-order valence-corrected chi connectivity index (χ1v) is 11.2. The van der Waals surface area contributed by atoms with Crippen LogP contribution < -0.4 is 15.2 Å². The molecule has 2 aliphatic carbocycles. The molecule has 0 N–H and O–H groups in total. The lowest BCUT2D eigenvalue weighted by molar-refractivity contribution is 0.0109. The Hall–Kier alpha value is -3.05. The van der Waals surface area contributed by atoms with Crippen molar-refractivity contribution in [3.8, 4) is 18.2 Å². The van der Waals surface area contributed by atoms with Gasteiger partial charge in [0.15, 0.2) is 16.4 Å². The van der Waals surface area contributed by atoms with Crippen molar-refractivity contribution in [2.45, 2.75) is 25.7 Å². The van der Waals surface area contributed by atoms with Crippen LogP contribution in [-0.4, -0.2) is 26.3 Å². The van der Waals surface area contributed by atoms with E-state index in [2.05, 4.69) is 10.9 Å². The van der Waals surface area contributed by atoms with Gasteiger partial charge in [-0.2, -0.15) is 8.78 Å². The maximum atomic E-state index is 14.6. The van der Waals surface area contributed by atoms with E-state index in [0.717, 1.165) is 13.2 Å². The number of aromatic nitrogens is 1. The predicted molar refractivity (Wildman–Crippen MR) is 114 cm³/mol. The highest BCUT2D eigenvalue weighted by atomic mass is 32.2. The summed E-state index contributed by atoms with van der Waals surface area (Å²) in [5, 5.41) is 0.561. The quantitative estimate of drug-likeness (QED) is 0.666. The predicted octanol–water partition coefficient (Wildman–Crippen LogP) is 3.21. The zero-order valence-electron chi connectivity index (χ0n) is 17.0. The first-order valence-electron chi connectivity index (χ1n) is 9.34. The molecule has 8 heteroatoms. The minimum absolute atomic E-state index is 0.0749. The molecule has 0 aromatic carbocycles. The van der Waals surface area contributed by atoms with Gasteiger partial charge in [-0.15, -0.1) is 6.42 Å². The third kappa shape index (κ3) is 5.17. The van der Waals surface area contributed by atoms with Crippen LogP contribution in [0.4, 0.5) is 13.2 Å². The van der Waals surface area contributed by atoms with E-state index >= 15 is 0 Å². The topological polar surface area (TPSA) is 56.3 Å². The van der Waals surface area contributed by atoms with Gasteiger partial charge >= 0.3 is 0 Å². The van der Waals surface area contributed by atoms with Crippen molar-refractivity contribution < 1.29 is 26.3 Å². The first-order chi connectivity index (χ1) is 14.5. The van der Waals surface area contributed by atoms with Gasteiger partial charge in [-0.05, 0) is 47.4 Å². The fourth-order valence-electron chi connectivity index (χ4n) is 3.32. The molecule has 4 nitrogen and oxygen atoms in total. The van der Waals surface area contributed by atoms with Gasteiger partial charge in [0.25, 0.3) is 5.92 Å². The number of nitrogens with zero attached hydrogens (tertiary/aromatic N) is 1. The van der Waals surface area contributed by atoms with Gasteiger partial charge in [0.2, 0.25) is 5.88 Å². The van der Waals surface area contributed by atoms with E-state index in [1.54, 1.807) is 6.08 Å². The van der Waals surface area contributed by atoms with Crippen LogP contribution in [0.5, 0.6) is 5.88 Å². The van der Waals surface area contributed by atoms with Crippen LogP contribution in [-0.2, 0) is 15.8 Å². The molecular weight excluding hydrogens is 427 g/mol. The minimum Gasteiger partial charge on any atom is -0.464 e. The Morgan fingerprint density at radius 1 is 1.16 bits per heavy atom. The summed E-state index contributed by atoms with van der Waals surface area (Å²) in [5.74, 6) is -1.59. The monoisotopic (exact) mass is 447 g/mol. The van der Waals surface area contributed by atoms with Crippen LogP contribution in [0.2, 0.25) is 0 Å². The molecule has 0 radical (unpaired) electrons. The van der Waals surface area contributed by atoms with Gasteiger partial charge in [0.1, 0.15) is 11.5 Å². The van der Waals surface area contributed by atoms with E-state index in [9.17, 15) is 21.6 Å². The summed E-state index contributed by atoms with van der Waals surface area (Å²) in [6.45, 7) is 0.564. The number of terminal acetylenes is 1. The molecule has 0 saturated carbocycles. The molecule has 2 aliphatic rings. The fourth-order valence-corrected chi connectivity index (χ4v) is 4.02. The molecule has 1 aromatic heterocycles. The zero-order chi connectivity index (χ0) is 22.8. The summed E-state index contributed by atoms with van der Waals surface area (Å²) in [5.41, 5.74) is 0.533. The smallest absolute Gasteiger partial charge is 0.287 e. The van der Waals surface area contributed by atoms with E-state index in [0.29, 0.717) is 16.4 Å². The zero-order valence-corrected chi connectivity index (χ0v) is 17.8. The molecule has 1 aromatic rings. The maximum absolute atomic E-state index is 14.6. The number of pyridine rings is 1. The normalized spacial score (nSPS) is 20.1. The van der Waals surface area contributed by atoms with E-state index in [-0.39, 0.29) is 35.5 Å². The summed E-state index contributed by atoms with van der Waals surface area (Å²) in [6.07, 6.45) is 15.0. The Morgan fingerprint density at radius 2 is 1.84 bits per heavy atom. The van der Waals surface area contributed by atoms with Crippen LogP contribution in [0.3, 0.4) is 0 Å². The van der Waals surface area contributed by atoms with Crippen LogP contribution in [0.25, 0.3) is 11.1 Å². The number of halogens is 3. The Labute approximate surface area is 178 Å². The van der Waals surface area contributed by atoms with Gasteiger partial charge in [-0.25, -0.2) is 17.8 Å². The molecule has 1 heterocycles. The Kier molecular flexibility index (Phi) is 6.27. The largest absolute Gasteiger partial charge is 0.464 e. The third-order valence-corrected chi connectivity index (χ3v) is 5.90. The summed E-state index contributed by atoms with van der Waals surface area (Å²) in [4.78, 5) is 4.15. The Balaban J connectivity index is 2.39. The standard InChI is InChI=1S/C23H20F3NO3S/c1-4-13-30-20-14-19(15-7-11-18(12-8-15)31(3,28)29)21(22(27-20)23(2,25)26)16-5-9-17(24)10-6-16/h1,5,7,9-12,14H,6,8,13H2,2-3H3. The number of alkyl halides is 2. The summed E-state index contributed by atoms with van der Waals surface area (Å²) in [6, 6.07) is 1.50. The number of hydrogen-bond acceptors (Lipinski definition) is 4. The van der Waals surface area contributed by atoms with Gasteiger partial charge < -0.3 is 4.74 Å². The second-order valence-electron chi connectivity index (χ2n) is 7.21. The molecule has 31 heavy (non-hydrogen) atoms. The average Bonchev–Trinajstić information content (AvgIpc) is 2.71. The van der Waals surface area contributed by atoms with E-state index in [1.165, 1.54) is 36.4 Å². The van der Waals surface area contributed by atoms with Crippen molar-refractivity contribution in [2.24, 2.45) is 0 Å². The SMILES string of the molecule is C#CCOc1cc(=C2C=CC(S(C)(=O)=O)=CC2)c(=C2C=CC(F)=CC2)c(C(C)(F)F)n1. The second kappa shape index (κ2) is 8.60. The van der Waals surface area contributed by atoms with Crippen molar-refractivity contribution in [3.63, 3.8) is 0 Å². The number of hydrogen-bond donors (Lipinski definition) is 0. The average molecular weight is 447 g/mol. The molecule has 162 valence electrons. The molecule has 0 saturated heterocycles. The van der Waals surface area contributed by atoms with Crippen molar-refractivity contribution in [1.29, 1.82) is 0 Å². The van der Waals surface area contributed by atoms with Gasteiger partial charge in [-0.1, -0.05) is 24.1 Å². The van der Waals surface area contributed by atoms with Crippen molar-refractivity contribution >= 4 is 21.0 Å². The van der Waals surface area contributed by atoms with E-state index < -0.39 is 27.3 Å². The van der Waals surface area contributed by atoms with Crippen molar-refractivity contribution in [1.82, 2.24) is 4.98 Å². The lowest BCUT2D eigenvalue weighted by Crippen LogP contribution is -2.38. The fraction of sp³-hybridized carbons (Fsp3) is 0.261. The molecular formula is C23H20F3NO3S. The molecule has 0 spiro atoms. The van der Waals surface area contributed by atoms with Crippen molar-refractivity contribution in [2.75, 3.05) is 12.9 Å². The van der Waals surface area contributed by atoms with E-state index in [4.69, 9.17) is 11.2 Å². The van der Waals surface area contributed by atoms with Crippen LogP contribution in [0.1, 0.15) is 25.5 Å². The highest BCUT2D eigenvalue weighted by molar-refractivity contribution is 7.94. The molecule has 0 bridgehead atoms. The van der Waals surface area contributed by atoms with Crippen LogP contribution >= 0.6 is 0 Å². The number of ether oxygens (including phenoxy) is 1. The number of sulfone groups is 1. The molecule has 0 unspecified atom stereocenters. The summed E-state index contributed by atoms with van der Waals surface area (Å²) >= 11 is 0. The second-order valence-corrected chi connectivity index (χ2v) is 9.22. The van der Waals surface area contributed by atoms with Gasteiger partial charge in [-0.3, -0.25) is 0 Å². The lowest BCUT2D eigenvalue weighted by Gasteiger charge is -2.17.